The van der Waals surface area contributed by atoms with Crippen molar-refractivity contribution in [3.05, 3.63) is 54.9 Å². The molecule has 0 aliphatic carbocycles. The number of hydrogen-bond acceptors (Lipinski definition) is 5. The van der Waals surface area contributed by atoms with Crippen molar-refractivity contribution in [3.8, 4) is 0 Å². The van der Waals surface area contributed by atoms with E-state index in [-0.39, 0.29) is 36.8 Å². The van der Waals surface area contributed by atoms with Crippen molar-refractivity contribution in [2.24, 2.45) is 0 Å². The maximum Gasteiger partial charge on any atom is 0.330 e. The summed E-state index contributed by atoms with van der Waals surface area (Å²) < 4.78 is 21.0. The first-order valence-electron chi connectivity index (χ1n) is 8.70. The van der Waals surface area contributed by atoms with Crippen molar-refractivity contribution in [1.29, 1.82) is 0 Å². The van der Waals surface area contributed by atoms with Gasteiger partial charge in [0.1, 0.15) is 11.6 Å². The van der Waals surface area contributed by atoms with E-state index >= 15 is 0 Å². The molecule has 0 saturated heterocycles. The molecule has 0 fully saturated rings. The highest BCUT2D eigenvalue weighted by molar-refractivity contribution is 9.10. The molecule has 10 heteroatoms. The van der Waals surface area contributed by atoms with E-state index in [2.05, 4.69) is 20.9 Å². The average Bonchev–Trinajstić information content (AvgIpc) is 2.65. The third kappa shape index (κ3) is 4.68. The van der Waals surface area contributed by atoms with Gasteiger partial charge in [-0.2, -0.15) is 0 Å². The van der Waals surface area contributed by atoms with Crippen molar-refractivity contribution in [3.63, 3.8) is 0 Å². The molecule has 0 atom stereocenters. The summed E-state index contributed by atoms with van der Waals surface area (Å²) in [6, 6.07) is 3.91. The summed E-state index contributed by atoms with van der Waals surface area (Å²) in [6.07, 6.45) is 1.46. The van der Waals surface area contributed by atoms with E-state index in [9.17, 15) is 18.8 Å². The van der Waals surface area contributed by atoms with Crippen LogP contribution in [0, 0.1) is 5.82 Å². The van der Waals surface area contributed by atoms with Crippen LogP contribution in [0.25, 0.3) is 0 Å². The van der Waals surface area contributed by atoms with Gasteiger partial charge >= 0.3 is 5.69 Å². The monoisotopic (exact) mass is 456 g/mol. The van der Waals surface area contributed by atoms with Gasteiger partial charge in [-0.3, -0.25) is 24.0 Å². The number of amides is 1. The number of anilines is 2. The van der Waals surface area contributed by atoms with Crippen molar-refractivity contribution >= 4 is 33.3 Å². The number of aromatic nitrogens is 2. The smallest absolute Gasteiger partial charge is 0.330 e. The lowest BCUT2D eigenvalue weighted by atomic mass is 10.1. The molecule has 152 valence electrons. The molecule has 0 radical (unpaired) electrons. The number of aromatic amines is 1. The summed E-state index contributed by atoms with van der Waals surface area (Å²) in [5.41, 5.74) is 4.15. The Morgan fingerprint density at radius 2 is 2.11 bits per heavy atom. The number of carbonyl (C=O) groups is 1. The van der Waals surface area contributed by atoms with E-state index in [0.717, 1.165) is 17.4 Å². The number of unbranched alkanes of at least 4 members (excludes halogenated alkanes) is 1. The predicted molar refractivity (Wildman–Crippen MR) is 108 cm³/mol. The minimum absolute atomic E-state index is 0.0550. The largest absolute Gasteiger partial charge is 0.383 e. The van der Waals surface area contributed by atoms with Gasteiger partial charge in [0.05, 0.1) is 12.2 Å². The number of ether oxygens (including phenoxy) is 1. The molecule has 1 aromatic carbocycles. The molecule has 3 N–H and O–H groups in total. The fraction of sp³-hybridized carbons (Fsp3) is 0.389. The summed E-state index contributed by atoms with van der Waals surface area (Å²) in [6.45, 7) is 2.25. The molecule has 0 aliphatic heterocycles. The van der Waals surface area contributed by atoms with E-state index in [1.54, 1.807) is 0 Å². The summed E-state index contributed by atoms with van der Waals surface area (Å²) in [5.74, 6) is -1.67. The minimum atomic E-state index is -0.824. The third-order valence-corrected chi connectivity index (χ3v) is 4.64. The molecule has 2 rings (SSSR count). The van der Waals surface area contributed by atoms with Gasteiger partial charge in [-0.15, -0.1) is 0 Å². The second kappa shape index (κ2) is 9.65. The standard InChI is InChI=1S/C18H22BrFN4O4/c1-3-4-7-24-15(21)14(16(25)22-18(24)27)23(8-9-28-2)17(26)12-10-11(19)5-6-13(12)20/h5-6,10H,3-4,7-9,21H2,1-2H3,(H,22,25,27). The fourth-order valence-electron chi connectivity index (χ4n) is 2.68. The molecular formula is C18H22BrFN4O4. The summed E-state index contributed by atoms with van der Waals surface area (Å²) in [5, 5.41) is 0. The molecule has 1 heterocycles. The molecule has 0 bridgehead atoms. The summed E-state index contributed by atoms with van der Waals surface area (Å²) in [7, 11) is 1.43. The maximum absolute atomic E-state index is 14.3. The predicted octanol–water partition coefficient (Wildman–Crippen LogP) is 2.11. The molecule has 0 unspecified atom stereocenters. The zero-order valence-electron chi connectivity index (χ0n) is 15.6. The highest BCUT2D eigenvalue weighted by Gasteiger charge is 2.27. The van der Waals surface area contributed by atoms with Crippen LogP contribution >= 0.6 is 15.9 Å². The topological polar surface area (TPSA) is 110 Å². The number of benzene rings is 1. The highest BCUT2D eigenvalue weighted by Crippen LogP contribution is 2.23. The Labute approximate surface area is 169 Å². The van der Waals surface area contributed by atoms with Gasteiger partial charge in [-0.1, -0.05) is 29.3 Å². The number of nitrogens with one attached hydrogen (secondary N) is 1. The first-order chi connectivity index (χ1) is 13.3. The Morgan fingerprint density at radius 3 is 2.75 bits per heavy atom. The fourth-order valence-corrected chi connectivity index (χ4v) is 3.04. The lowest BCUT2D eigenvalue weighted by molar-refractivity contribution is 0.0971. The Bertz CT molecular complexity index is 973. The van der Waals surface area contributed by atoms with Gasteiger partial charge in [0.15, 0.2) is 5.69 Å². The van der Waals surface area contributed by atoms with Crippen LogP contribution in [0.5, 0.6) is 0 Å². The van der Waals surface area contributed by atoms with Crippen molar-refractivity contribution in [2.45, 2.75) is 26.3 Å². The number of methoxy groups -OCH3 is 1. The Hall–Kier alpha value is -2.46. The lowest BCUT2D eigenvalue weighted by Gasteiger charge is -2.24. The maximum atomic E-state index is 14.3. The van der Waals surface area contributed by atoms with Gasteiger partial charge in [0.2, 0.25) is 0 Å². The highest BCUT2D eigenvalue weighted by atomic mass is 79.9. The molecule has 0 spiro atoms. The second-order valence-corrected chi connectivity index (χ2v) is 6.99. The van der Waals surface area contributed by atoms with E-state index < -0.39 is 23.0 Å². The van der Waals surface area contributed by atoms with Crippen LogP contribution in [-0.2, 0) is 11.3 Å². The van der Waals surface area contributed by atoms with Gasteiger partial charge in [-0.25, -0.2) is 9.18 Å². The van der Waals surface area contributed by atoms with Crippen LogP contribution in [0.3, 0.4) is 0 Å². The number of rotatable bonds is 8. The van der Waals surface area contributed by atoms with Crippen LogP contribution in [-0.4, -0.2) is 35.7 Å². The van der Waals surface area contributed by atoms with Crippen LogP contribution in [0.4, 0.5) is 15.9 Å². The average molecular weight is 457 g/mol. The number of halogens is 2. The molecule has 0 aliphatic rings. The molecule has 0 saturated carbocycles. The van der Waals surface area contributed by atoms with Crippen molar-refractivity contribution in [2.75, 3.05) is 30.9 Å². The Balaban J connectivity index is 2.63. The van der Waals surface area contributed by atoms with Gasteiger partial charge < -0.3 is 10.5 Å². The normalized spacial score (nSPS) is 10.9. The number of nitrogen functional groups attached to an aromatic ring is 1. The molecule has 8 nitrogen and oxygen atoms in total. The quantitative estimate of drug-likeness (QED) is 0.631. The lowest BCUT2D eigenvalue weighted by Crippen LogP contribution is -2.42. The molecule has 28 heavy (non-hydrogen) atoms. The SMILES string of the molecule is CCCCn1c(N)c(N(CCOC)C(=O)c2cc(Br)ccc2F)c(=O)[nH]c1=O. The van der Waals surface area contributed by atoms with Gasteiger partial charge in [-0.05, 0) is 24.6 Å². The Kier molecular flexibility index (Phi) is 7.53. The summed E-state index contributed by atoms with van der Waals surface area (Å²) in [4.78, 5) is 40.9. The zero-order valence-corrected chi connectivity index (χ0v) is 17.2. The van der Waals surface area contributed by atoms with E-state index in [0.29, 0.717) is 10.9 Å². The number of H-pyrrole nitrogens is 1. The molecule has 1 aromatic heterocycles. The van der Waals surface area contributed by atoms with Crippen molar-refractivity contribution < 1.29 is 13.9 Å². The molecule has 1 amide bonds. The molecular weight excluding hydrogens is 435 g/mol. The number of carbonyl (C=O) groups excluding carboxylic acids is 1. The van der Waals surface area contributed by atoms with Crippen molar-refractivity contribution in [1.82, 2.24) is 9.55 Å². The number of nitrogens with two attached hydrogens (primary N) is 1. The number of hydrogen-bond donors (Lipinski definition) is 2. The van der Waals surface area contributed by atoms with E-state index in [1.807, 2.05) is 6.92 Å². The second-order valence-electron chi connectivity index (χ2n) is 6.07. The summed E-state index contributed by atoms with van der Waals surface area (Å²) >= 11 is 3.20. The van der Waals surface area contributed by atoms with Crippen LogP contribution < -0.4 is 21.9 Å². The van der Waals surface area contributed by atoms with Crippen LogP contribution in [0.15, 0.2) is 32.3 Å². The van der Waals surface area contributed by atoms with Crippen LogP contribution in [0.1, 0.15) is 30.1 Å². The van der Waals surface area contributed by atoms with E-state index in [1.165, 1.54) is 23.8 Å². The van der Waals surface area contributed by atoms with Crippen LogP contribution in [0.2, 0.25) is 0 Å². The molecule has 2 aromatic rings. The Morgan fingerprint density at radius 1 is 1.39 bits per heavy atom. The minimum Gasteiger partial charge on any atom is -0.383 e. The first kappa shape index (κ1) is 21.8. The van der Waals surface area contributed by atoms with Gasteiger partial charge in [0.25, 0.3) is 11.5 Å². The number of nitrogens with zero attached hydrogens (tertiary/aromatic N) is 2. The van der Waals surface area contributed by atoms with Gasteiger partial charge in [0, 0.05) is 24.7 Å². The third-order valence-electron chi connectivity index (χ3n) is 4.14. The first-order valence-corrected chi connectivity index (χ1v) is 9.49. The zero-order chi connectivity index (χ0) is 20.8. The van der Waals surface area contributed by atoms with E-state index in [4.69, 9.17) is 10.5 Å².